The Bertz CT molecular complexity index is 410. The zero-order chi connectivity index (χ0) is 13.2. The van der Waals surface area contributed by atoms with E-state index in [0.29, 0.717) is 10.7 Å². The summed E-state index contributed by atoms with van der Waals surface area (Å²) in [7, 11) is 1.77. The number of aryl methyl sites for hydroxylation is 1. The Morgan fingerprint density at radius 1 is 1.67 bits per heavy atom. The highest BCUT2D eigenvalue weighted by molar-refractivity contribution is 6.33. The fourth-order valence-electron chi connectivity index (χ4n) is 2.88. The van der Waals surface area contributed by atoms with Gasteiger partial charge >= 0.3 is 0 Å². The molecule has 18 heavy (non-hydrogen) atoms. The molecule has 2 rings (SSSR count). The Labute approximate surface area is 113 Å². The van der Waals surface area contributed by atoms with E-state index in [2.05, 4.69) is 17.3 Å². The number of halogens is 1. The Morgan fingerprint density at radius 3 is 2.94 bits per heavy atom. The summed E-state index contributed by atoms with van der Waals surface area (Å²) in [4.78, 5) is 12.8. The molecule has 0 spiro atoms. The summed E-state index contributed by atoms with van der Waals surface area (Å²) in [5, 5.41) is 7.88. The van der Waals surface area contributed by atoms with Gasteiger partial charge in [-0.15, -0.1) is 0 Å². The SMILES string of the molecule is CCCC1(C(=O)c2c(Cl)cnn2C)CCCNC1. The van der Waals surface area contributed by atoms with E-state index in [0.717, 1.165) is 38.8 Å². The van der Waals surface area contributed by atoms with E-state index in [1.165, 1.54) is 0 Å². The molecule has 0 bridgehead atoms. The molecule has 1 N–H and O–H groups in total. The van der Waals surface area contributed by atoms with E-state index >= 15 is 0 Å². The fraction of sp³-hybridized carbons (Fsp3) is 0.692. The van der Waals surface area contributed by atoms with Gasteiger partial charge in [-0.05, 0) is 25.8 Å². The summed E-state index contributed by atoms with van der Waals surface area (Å²) < 4.78 is 1.59. The van der Waals surface area contributed by atoms with Crippen LogP contribution in [0.1, 0.15) is 43.1 Å². The summed E-state index contributed by atoms with van der Waals surface area (Å²) >= 11 is 6.10. The van der Waals surface area contributed by atoms with E-state index in [4.69, 9.17) is 11.6 Å². The summed E-state index contributed by atoms with van der Waals surface area (Å²) in [5.41, 5.74) is 0.249. The van der Waals surface area contributed by atoms with Gasteiger partial charge in [0.15, 0.2) is 5.78 Å². The molecule has 0 aliphatic carbocycles. The minimum absolute atomic E-state index is 0.140. The third kappa shape index (κ3) is 2.31. The van der Waals surface area contributed by atoms with Gasteiger partial charge in [0.05, 0.1) is 11.2 Å². The number of hydrogen-bond acceptors (Lipinski definition) is 3. The van der Waals surface area contributed by atoms with Gasteiger partial charge in [-0.25, -0.2) is 0 Å². The summed E-state index contributed by atoms with van der Waals surface area (Å²) in [6.45, 7) is 3.87. The summed E-state index contributed by atoms with van der Waals surface area (Å²) in [6, 6.07) is 0. The summed E-state index contributed by atoms with van der Waals surface area (Å²) in [6.07, 6.45) is 5.43. The quantitative estimate of drug-likeness (QED) is 0.854. The molecule has 0 aromatic carbocycles. The van der Waals surface area contributed by atoms with Crippen LogP contribution in [0.2, 0.25) is 5.02 Å². The van der Waals surface area contributed by atoms with E-state index in [1.807, 2.05) is 0 Å². The van der Waals surface area contributed by atoms with Crippen LogP contribution in [0.4, 0.5) is 0 Å². The average molecular weight is 270 g/mol. The monoisotopic (exact) mass is 269 g/mol. The van der Waals surface area contributed by atoms with Crippen LogP contribution in [0.25, 0.3) is 0 Å². The average Bonchev–Trinajstić information content (AvgIpc) is 2.70. The molecule has 100 valence electrons. The smallest absolute Gasteiger partial charge is 0.189 e. The standard InChI is InChI=1S/C13H20ClN3O/c1-3-5-13(6-4-7-15-9-13)12(18)11-10(14)8-16-17(11)2/h8,15H,3-7,9H2,1-2H3. The van der Waals surface area contributed by atoms with Crippen molar-refractivity contribution in [1.29, 1.82) is 0 Å². The molecule has 1 aliphatic heterocycles. The minimum Gasteiger partial charge on any atom is -0.316 e. The number of carbonyl (C=O) groups is 1. The van der Waals surface area contributed by atoms with Crippen LogP contribution in [0.3, 0.4) is 0 Å². The van der Waals surface area contributed by atoms with Crippen LogP contribution in [0.15, 0.2) is 6.20 Å². The van der Waals surface area contributed by atoms with Gasteiger partial charge in [-0.2, -0.15) is 5.10 Å². The minimum atomic E-state index is -0.301. The number of aromatic nitrogens is 2. The van der Waals surface area contributed by atoms with Crippen molar-refractivity contribution in [1.82, 2.24) is 15.1 Å². The lowest BCUT2D eigenvalue weighted by atomic mass is 9.72. The van der Waals surface area contributed by atoms with Crippen LogP contribution < -0.4 is 5.32 Å². The highest BCUT2D eigenvalue weighted by Crippen LogP contribution is 2.36. The van der Waals surface area contributed by atoms with Gasteiger partial charge in [0, 0.05) is 19.0 Å². The van der Waals surface area contributed by atoms with Gasteiger partial charge in [0.25, 0.3) is 0 Å². The van der Waals surface area contributed by atoms with Crippen molar-refractivity contribution >= 4 is 17.4 Å². The maximum absolute atomic E-state index is 12.8. The zero-order valence-corrected chi connectivity index (χ0v) is 11.8. The summed E-state index contributed by atoms with van der Waals surface area (Å²) in [5.74, 6) is 0.140. The topological polar surface area (TPSA) is 46.9 Å². The highest BCUT2D eigenvalue weighted by atomic mass is 35.5. The first-order chi connectivity index (χ1) is 8.60. The van der Waals surface area contributed by atoms with E-state index in [-0.39, 0.29) is 11.2 Å². The van der Waals surface area contributed by atoms with Crippen LogP contribution in [0, 0.1) is 5.41 Å². The molecule has 0 radical (unpaired) electrons. The Hall–Kier alpha value is -0.870. The third-order valence-corrected chi connectivity index (χ3v) is 4.07. The van der Waals surface area contributed by atoms with Crippen molar-refractivity contribution in [2.45, 2.75) is 32.6 Å². The second-order valence-corrected chi connectivity index (χ2v) is 5.51. The predicted molar refractivity (Wildman–Crippen MR) is 72.0 cm³/mol. The van der Waals surface area contributed by atoms with Crippen molar-refractivity contribution < 1.29 is 4.79 Å². The van der Waals surface area contributed by atoms with Gasteiger partial charge < -0.3 is 5.32 Å². The van der Waals surface area contributed by atoms with Gasteiger partial charge in [-0.1, -0.05) is 24.9 Å². The number of hydrogen-bond donors (Lipinski definition) is 1. The van der Waals surface area contributed by atoms with Gasteiger partial charge in [-0.3, -0.25) is 9.48 Å². The van der Waals surface area contributed by atoms with Crippen molar-refractivity contribution in [2.75, 3.05) is 13.1 Å². The van der Waals surface area contributed by atoms with Crippen molar-refractivity contribution in [3.8, 4) is 0 Å². The van der Waals surface area contributed by atoms with E-state index < -0.39 is 0 Å². The second kappa shape index (κ2) is 5.41. The second-order valence-electron chi connectivity index (χ2n) is 5.10. The van der Waals surface area contributed by atoms with Crippen molar-refractivity contribution in [3.63, 3.8) is 0 Å². The van der Waals surface area contributed by atoms with E-state index in [9.17, 15) is 4.79 Å². The van der Waals surface area contributed by atoms with Gasteiger partial charge in [0.2, 0.25) is 0 Å². The van der Waals surface area contributed by atoms with E-state index in [1.54, 1.807) is 17.9 Å². The fourth-order valence-corrected chi connectivity index (χ4v) is 3.14. The first-order valence-corrected chi connectivity index (χ1v) is 6.91. The highest BCUT2D eigenvalue weighted by Gasteiger charge is 2.41. The molecule has 1 aromatic heterocycles. The van der Waals surface area contributed by atoms with Crippen LogP contribution in [-0.2, 0) is 7.05 Å². The van der Waals surface area contributed by atoms with Crippen molar-refractivity contribution in [2.24, 2.45) is 12.5 Å². The van der Waals surface area contributed by atoms with Crippen molar-refractivity contribution in [3.05, 3.63) is 16.9 Å². The van der Waals surface area contributed by atoms with Crippen LogP contribution in [0.5, 0.6) is 0 Å². The molecule has 2 heterocycles. The predicted octanol–water partition coefficient (Wildman–Crippen LogP) is 2.43. The lowest BCUT2D eigenvalue weighted by molar-refractivity contribution is 0.0707. The molecule has 4 nitrogen and oxygen atoms in total. The molecule has 1 aromatic rings. The molecule has 1 aliphatic rings. The Kier molecular flexibility index (Phi) is 4.07. The number of Topliss-reactive ketones (excluding diaryl/α,β-unsaturated/α-hetero) is 1. The number of carbonyl (C=O) groups excluding carboxylic acids is 1. The van der Waals surface area contributed by atoms with Crippen LogP contribution in [-0.4, -0.2) is 28.7 Å². The lowest BCUT2D eigenvalue weighted by Gasteiger charge is -2.36. The maximum Gasteiger partial charge on any atom is 0.189 e. The zero-order valence-electron chi connectivity index (χ0n) is 11.0. The number of piperidine rings is 1. The molecule has 0 saturated carbocycles. The Morgan fingerprint density at radius 2 is 2.44 bits per heavy atom. The molecule has 1 unspecified atom stereocenters. The lowest BCUT2D eigenvalue weighted by Crippen LogP contribution is -2.46. The first kappa shape index (κ1) is 13.6. The number of rotatable bonds is 4. The molecule has 5 heteroatoms. The molecular weight excluding hydrogens is 250 g/mol. The normalized spacial score (nSPS) is 24.2. The van der Waals surface area contributed by atoms with Gasteiger partial charge in [0.1, 0.15) is 5.69 Å². The molecule has 1 saturated heterocycles. The molecule has 0 amide bonds. The first-order valence-electron chi connectivity index (χ1n) is 6.54. The Balaban J connectivity index is 2.34. The van der Waals surface area contributed by atoms with Crippen LogP contribution >= 0.6 is 11.6 Å². The molecular formula is C13H20ClN3O. The maximum atomic E-state index is 12.8. The molecule has 1 fully saturated rings. The largest absolute Gasteiger partial charge is 0.316 e. The number of ketones is 1. The molecule has 1 atom stereocenters. The number of nitrogens with zero attached hydrogens (tertiary/aromatic N) is 2. The third-order valence-electron chi connectivity index (χ3n) is 3.79. The number of nitrogens with one attached hydrogen (secondary N) is 1.